The Balaban J connectivity index is 1.50. The number of nitrogens with zero attached hydrogens (tertiary/aromatic N) is 6. The second-order valence-electron chi connectivity index (χ2n) is 7.46. The third-order valence-corrected chi connectivity index (χ3v) is 5.60. The molecule has 8 nitrogen and oxygen atoms in total. The smallest absolute Gasteiger partial charge is 0.246 e. The van der Waals surface area contributed by atoms with E-state index in [0.717, 1.165) is 33.5 Å². The second-order valence-corrected chi connectivity index (χ2v) is 7.99. The quantitative estimate of drug-likeness (QED) is 0.423. The number of amides is 1. The number of nitriles is 1. The summed E-state index contributed by atoms with van der Waals surface area (Å²) >= 11 is 1.17. The monoisotopic (exact) mass is 451 g/mol. The van der Waals surface area contributed by atoms with Crippen molar-refractivity contribution in [2.24, 2.45) is 0 Å². The van der Waals surface area contributed by atoms with Crippen molar-refractivity contribution < 1.29 is 4.79 Å². The number of nitrogens with one attached hydrogen (secondary N) is 1. The standard InChI is InChI=1S/C24H17N7OS/c1-15-4-2-7-21(26-15)24-19(17-8-9-20-22(11-17)30-33-29-20)13-31(28-24)14-23(32)27-18-6-3-5-16(10-18)12-25/h2-11,13H,14H2,1H3,(H,27,32). The summed E-state index contributed by atoms with van der Waals surface area (Å²) in [6.45, 7) is 1.94. The predicted octanol–water partition coefficient (Wildman–Crippen LogP) is 4.44. The van der Waals surface area contributed by atoms with E-state index in [0.29, 0.717) is 16.9 Å². The SMILES string of the molecule is Cc1cccc(-c2nn(CC(=O)Nc3cccc(C#N)c3)cc2-c2ccc3nsnc3c2)n1. The van der Waals surface area contributed by atoms with Crippen molar-refractivity contribution in [3.05, 3.63) is 78.1 Å². The van der Waals surface area contributed by atoms with Gasteiger partial charge < -0.3 is 5.32 Å². The van der Waals surface area contributed by atoms with Crippen LogP contribution in [0.4, 0.5) is 5.69 Å². The largest absolute Gasteiger partial charge is 0.324 e. The van der Waals surface area contributed by atoms with Gasteiger partial charge in [0.1, 0.15) is 23.3 Å². The van der Waals surface area contributed by atoms with Crippen LogP contribution in [0, 0.1) is 18.3 Å². The molecule has 5 rings (SSSR count). The van der Waals surface area contributed by atoms with E-state index >= 15 is 0 Å². The van der Waals surface area contributed by atoms with Gasteiger partial charge in [0.25, 0.3) is 0 Å². The number of benzene rings is 2. The molecular weight excluding hydrogens is 434 g/mol. The zero-order valence-corrected chi connectivity index (χ0v) is 18.4. The fourth-order valence-electron chi connectivity index (χ4n) is 3.54. The Hall–Kier alpha value is -4.42. The first-order valence-corrected chi connectivity index (χ1v) is 10.9. The molecule has 0 radical (unpaired) electrons. The number of aromatic nitrogens is 5. The first kappa shape index (κ1) is 20.5. The van der Waals surface area contributed by atoms with Gasteiger partial charge in [-0.25, -0.2) is 0 Å². The molecule has 3 aromatic heterocycles. The highest BCUT2D eigenvalue weighted by molar-refractivity contribution is 7.00. The fourth-order valence-corrected chi connectivity index (χ4v) is 4.06. The third kappa shape index (κ3) is 4.33. The lowest BCUT2D eigenvalue weighted by Crippen LogP contribution is -2.19. The lowest BCUT2D eigenvalue weighted by molar-refractivity contribution is -0.116. The molecule has 33 heavy (non-hydrogen) atoms. The van der Waals surface area contributed by atoms with Gasteiger partial charge in [-0.3, -0.25) is 14.5 Å². The third-order valence-electron chi connectivity index (χ3n) is 5.04. The fraction of sp³-hybridized carbons (Fsp3) is 0.0833. The molecule has 3 heterocycles. The molecule has 160 valence electrons. The van der Waals surface area contributed by atoms with E-state index in [1.807, 2.05) is 49.5 Å². The van der Waals surface area contributed by atoms with Gasteiger partial charge in [0.2, 0.25) is 5.91 Å². The number of carbonyl (C=O) groups excluding carboxylic acids is 1. The van der Waals surface area contributed by atoms with Crippen molar-refractivity contribution in [3.63, 3.8) is 0 Å². The van der Waals surface area contributed by atoms with E-state index in [1.54, 1.807) is 28.9 Å². The van der Waals surface area contributed by atoms with Crippen molar-refractivity contribution >= 4 is 34.4 Å². The van der Waals surface area contributed by atoms with Gasteiger partial charge >= 0.3 is 0 Å². The normalized spacial score (nSPS) is 10.8. The van der Waals surface area contributed by atoms with Gasteiger partial charge in [0.05, 0.1) is 29.1 Å². The molecule has 9 heteroatoms. The van der Waals surface area contributed by atoms with Crippen molar-refractivity contribution in [3.8, 4) is 28.6 Å². The summed E-state index contributed by atoms with van der Waals surface area (Å²) in [5, 5.41) is 16.6. The average molecular weight is 452 g/mol. The van der Waals surface area contributed by atoms with Crippen LogP contribution < -0.4 is 5.32 Å². The summed E-state index contributed by atoms with van der Waals surface area (Å²) in [7, 11) is 0. The lowest BCUT2D eigenvalue weighted by Gasteiger charge is -2.05. The molecule has 1 amide bonds. The molecule has 0 saturated heterocycles. The average Bonchev–Trinajstić information content (AvgIpc) is 3.45. The minimum absolute atomic E-state index is 0.0100. The molecule has 0 unspecified atom stereocenters. The maximum atomic E-state index is 12.7. The summed E-state index contributed by atoms with van der Waals surface area (Å²) in [5.74, 6) is -0.248. The summed E-state index contributed by atoms with van der Waals surface area (Å²) in [5.41, 5.74) is 6.74. The molecule has 0 spiro atoms. The Morgan fingerprint density at radius 3 is 2.79 bits per heavy atom. The Bertz CT molecular complexity index is 1530. The summed E-state index contributed by atoms with van der Waals surface area (Å²) in [6.07, 6.45) is 1.84. The Morgan fingerprint density at radius 1 is 1.09 bits per heavy atom. The van der Waals surface area contributed by atoms with E-state index < -0.39 is 0 Å². The first-order valence-electron chi connectivity index (χ1n) is 10.1. The van der Waals surface area contributed by atoms with Crippen LogP contribution in [0.5, 0.6) is 0 Å². The van der Waals surface area contributed by atoms with Crippen LogP contribution in [0.25, 0.3) is 33.5 Å². The predicted molar refractivity (Wildman–Crippen MR) is 126 cm³/mol. The first-order chi connectivity index (χ1) is 16.1. The van der Waals surface area contributed by atoms with E-state index in [4.69, 9.17) is 5.26 Å². The summed E-state index contributed by atoms with van der Waals surface area (Å²) in [6, 6.07) is 20.5. The van der Waals surface area contributed by atoms with Gasteiger partial charge in [-0.05, 0) is 55.0 Å². The molecular formula is C24H17N7OS. The Labute approximate surface area is 193 Å². The zero-order valence-electron chi connectivity index (χ0n) is 17.6. The van der Waals surface area contributed by atoms with E-state index in [-0.39, 0.29) is 12.5 Å². The number of carbonyl (C=O) groups is 1. The molecule has 0 saturated carbocycles. The van der Waals surface area contributed by atoms with Crippen LogP contribution in [0.1, 0.15) is 11.3 Å². The van der Waals surface area contributed by atoms with Crippen LogP contribution in [0.3, 0.4) is 0 Å². The van der Waals surface area contributed by atoms with Gasteiger partial charge in [-0.15, -0.1) is 0 Å². The molecule has 1 N–H and O–H groups in total. The molecule has 0 aliphatic carbocycles. The van der Waals surface area contributed by atoms with Crippen LogP contribution in [-0.4, -0.2) is 29.4 Å². The van der Waals surface area contributed by atoms with Crippen LogP contribution in [0.15, 0.2) is 66.9 Å². The number of aryl methyl sites for hydroxylation is 1. The number of pyridine rings is 1. The lowest BCUT2D eigenvalue weighted by atomic mass is 10.0. The highest BCUT2D eigenvalue weighted by Crippen LogP contribution is 2.32. The number of fused-ring (bicyclic) bond motifs is 1. The molecule has 0 aliphatic rings. The van der Waals surface area contributed by atoms with Gasteiger partial charge in [-0.2, -0.15) is 19.1 Å². The van der Waals surface area contributed by atoms with Crippen molar-refractivity contribution in [2.45, 2.75) is 13.5 Å². The molecule has 0 bridgehead atoms. The maximum absolute atomic E-state index is 12.7. The van der Waals surface area contributed by atoms with Crippen LogP contribution >= 0.6 is 11.7 Å². The molecule has 0 aliphatic heterocycles. The van der Waals surface area contributed by atoms with Gasteiger partial charge in [-0.1, -0.05) is 18.2 Å². The van der Waals surface area contributed by atoms with E-state index in [1.165, 1.54) is 11.7 Å². The highest BCUT2D eigenvalue weighted by Gasteiger charge is 2.17. The topological polar surface area (TPSA) is 109 Å². The summed E-state index contributed by atoms with van der Waals surface area (Å²) in [4.78, 5) is 17.3. The molecule has 0 fully saturated rings. The van der Waals surface area contributed by atoms with E-state index in [9.17, 15) is 4.79 Å². The zero-order chi connectivity index (χ0) is 22.8. The number of hydrogen-bond acceptors (Lipinski definition) is 7. The van der Waals surface area contributed by atoms with Gasteiger partial charge in [0, 0.05) is 23.1 Å². The summed E-state index contributed by atoms with van der Waals surface area (Å²) < 4.78 is 10.2. The van der Waals surface area contributed by atoms with Crippen LogP contribution in [-0.2, 0) is 11.3 Å². The van der Waals surface area contributed by atoms with Gasteiger partial charge in [0.15, 0.2) is 0 Å². The maximum Gasteiger partial charge on any atom is 0.246 e. The molecule has 5 aromatic rings. The second kappa shape index (κ2) is 8.61. The highest BCUT2D eigenvalue weighted by atomic mass is 32.1. The molecule has 2 aromatic carbocycles. The van der Waals surface area contributed by atoms with Crippen LogP contribution in [0.2, 0.25) is 0 Å². The Morgan fingerprint density at radius 2 is 1.94 bits per heavy atom. The number of hydrogen-bond donors (Lipinski definition) is 1. The minimum atomic E-state index is -0.248. The molecule has 0 atom stereocenters. The Kier molecular flexibility index (Phi) is 5.34. The number of anilines is 1. The van der Waals surface area contributed by atoms with Crippen molar-refractivity contribution in [1.29, 1.82) is 5.26 Å². The van der Waals surface area contributed by atoms with Crippen molar-refractivity contribution in [2.75, 3.05) is 5.32 Å². The van der Waals surface area contributed by atoms with Crippen molar-refractivity contribution in [1.82, 2.24) is 23.5 Å². The number of rotatable bonds is 5. The minimum Gasteiger partial charge on any atom is -0.324 e. The van der Waals surface area contributed by atoms with E-state index in [2.05, 4.69) is 30.2 Å².